The maximum atomic E-state index is 13.7. The molecule has 2 rings (SSSR count). The van der Waals surface area contributed by atoms with E-state index in [0.717, 1.165) is 12.1 Å². The number of sulfonamides is 1. The first-order valence-corrected chi connectivity index (χ1v) is 8.78. The van der Waals surface area contributed by atoms with Crippen molar-refractivity contribution < 1.29 is 27.1 Å². The van der Waals surface area contributed by atoms with Crippen LogP contribution in [0.15, 0.2) is 41.3 Å². The molecule has 0 aliphatic rings. The fraction of sp³-hybridized carbons (Fsp3) is 0.176. The molecule has 2 aromatic rings. The highest BCUT2D eigenvalue weighted by molar-refractivity contribution is 7.89. The third kappa shape index (κ3) is 4.17. The number of carbonyl (C=O) groups is 1. The number of hydrogen-bond donors (Lipinski definition) is 1. The molecule has 7 nitrogen and oxygen atoms in total. The highest BCUT2D eigenvalue weighted by Gasteiger charge is 2.21. The van der Waals surface area contributed by atoms with Crippen LogP contribution in [0.4, 0.5) is 4.39 Å². The Kier molecular flexibility index (Phi) is 5.92. The summed E-state index contributed by atoms with van der Waals surface area (Å²) in [5.74, 6) is -1.41. The number of ether oxygens (including phenoxy) is 2. The van der Waals surface area contributed by atoms with Gasteiger partial charge in [-0.1, -0.05) is 0 Å². The molecule has 0 heterocycles. The molecule has 136 valence electrons. The van der Waals surface area contributed by atoms with Gasteiger partial charge in [-0.25, -0.2) is 22.3 Å². The van der Waals surface area contributed by atoms with Gasteiger partial charge in [-0.2, -0.15) is 5.26 Å². The summed E-state index contributed by atoms with van der Waals surface area (Å²) in [5, 5.41) is 8.83. The number of hydrogen-bond acceptors (Lipinski definition) is 6. The van der Waals surface area contributed by atoms with Crippen LogP contribution >= 0.6 is 0 Å². The molecule has 0 saturated carbocycles. The number of methoxy groups -OCH3 is 1. The van der Waals surface area contributed by atoms with E-state index in [9.17, 15) is 17.6 Å². The lowest BCUT2D eigenvalue weighted by atomic mass is 10.1. The van der Waals surface area contributed by atoms with Gasteiger partial charge >= 0.3 is 5.97 Å². The number of nitrogens with zero attached hydrogens (tertiary/aromatic N) is 1. The molecule has 0 saturated heterocycles. The Balaban J connectivity index is 2.26. The van der Waals surface area contributed by atoms with Crippen LogP contribution < -0.4 is 9.46 Å². The third-order valence-corrected chi connectivity index (χ3v) is 4.93. The lowest BCUT2D eigenvalue weighted by molar-refractivity contribution is 0.0468. The number of rotatable bonds is 6. The molecule has 0 aromatic heterocycles. The normalized spacial score (nSPS) is 10.8. The zero-order chi connectivity index (χ0) is 19.3. The molecule has 9 heteroatoms. The first-order valence-electron chi connectivity index (χ1n) is 7.29. The predicted molar refractivity (Wildman–Crippen MR) is 89.5 cm³/mol. The Morgan fingerprint density at radius 3 is 2.62 bits per heavy atom. The van der Waals surface area contributed by atoms with Crippen molar-refractivity contribution in [2.24, 2.45) is 0 Å². The van der Waals surface area contributed by atoms with E-state index in [1.807, 2.05) is 6.07 Å². The molecule has 0 atom stereocenters. The summed E-state index contributed by atoms with van der Waals surface area (Å²) in [4.78, 5) is 12.0. The molecule has 0 aliphatic heterocycles. The largest absolute Gasteiger partial charge is 0.495 e. The molecule has 2 aromatic carbocycles. The van der Waals surface area contributed by atoms with Gasteiger partial charge in [-0.3, -0.25) is 0 Å². The molecular formula is C17H15FN2O5S. The minimum absolute atomic E-state index is 0.0361. The van der Waals surface area contributed by atoms with E-state index in [1.54, 1.807) is 0 Å². The molecule has 26 heavy (non-hydrogen) atoms. The Hall–Kier alpha value is -2.96. The van der Waals surface area contributed by atoms with Crippen LogP contribution in [0.1, 0.15) is 21.5 Å². The van der Waals surface area contributed by atoms with E-state index in [1.165, 1.54) is 38.4 Å². The van der Waals surface area contributed by atoms with Gasteiger partial charge in [0.05, 0.1) is 24.3 Å². The van der Waals surface area contributed by atoms with Crippen LogP contribution in [-0.2, 0) is 21.4 Å². The van der Waals surface area contributed by atoms with Crippen molar-refractivity contribution in [1.29, 1.82) is 5.26 Å². The number of nitrogens with one attached hydrogen (secondary N) is 1. The summed E-state index contributed by atoms with van der Waals surface area (Å²) in [5.41, 5.74) is 0.217. The molecule has 0 fully saturated rings. The van der Waals surface area contributed by atoms with Gasteiger partial charge in [0, 0.05) is 5.56 Å². The van der Waals surface area contributed by atoms with Gasteiger partial charge in [0.25, 0.3) is 0 Å². The first kappa shape index (κ1) is 19.4. The van der Waals surface area contributed by atoms with E-state index in [2.05, 4.69) is 4.72 Å². The number of halogens is 1. The maximum Gasteiger partial charge on any atom is 0.338 e. The predicted octanol–water partition coefficient (Wildman–Crippen LogP) is 1.97. The zero-order valence-electron chi connectivity index (χ0n) is 13.9. The van der Waals surface area contributed by atoms with E-state index < -0.39 is 28.4 Å². The fourth-order valence-electron chi connectivity index (χ4n) is 2.11. The molecule has 1 N–H and O–H groups in total. The van der Waals surface area contributed by atoms with Crippen molar-refractivity contribution >= 4 is 16.0 Å². The van der Waals surface area contributed by atoms with Crippen molar-refractivity contribution in [2.45, 2.75) is 11.5 Å². The van der Waals surface area contributed by atoms with Gasteiger partial charge < -0.3 is 9.47 Å². The molecule has 0 bridgehead atoms. The quantitative estimate of drug-likeness (QED) is 0.771. The first-order chi connectivity index (χ1) is 12.3. The standard InChI is InChI=1S/C17H15FN2O5S/c1-20-26(22,23)16-8-12(4-6-15(16)24-2)17(21)25-10-13-7-11(9-19)3-5-14(13)18/h3-8,20H,10H2,1-2H3. The SMILES string of the molecule is CNS(=O)(=O)c1cc(C(=O)OCc2cc(C#N)ccc2F)ccc1OC. The Labute approximate surface area is 150 Å². The second-order valence-corrected chi connectivity index (χ2v) is 6.92. The zero-order valence-corrected chi connectivity index (χ0v) is 14.8. The maximum absolute atomic E-state index is 13.7. The third-order valence-electron chi connectivity index (χ3n) is 3.49. The van der Waals surface area contributed by atoms with E-state index in [0.29, 0.717) is 0 Å². The fourth-order valence-corrected chi connectivity index (χ4v) is 3.02. The summed E-state index contributed by atoms with van der Waals surface area (Å²) in [6.07, 6.45) is 0. The topological polar surface area (TPSA) is 105 Å². The molecular weight excluding hydrogens is 363 g/mol. The van der Waals surface area contributed by atoms with Gasteiger partial charge in [0.2, 0.25) is 10.0 Å². The van der Waals surface area contributed by atoms with Crippen LogP contribution in [-0.4, -0.2) is 28.5 Å². The second-order valence-electron chi connectivity index (χ2n) is 5.07. The number of nitriles is 1. The van der Waals surface area contributed by atoms with Crippen LogP contribution in [0.25, 0.3) is 0 Å². The van der Waals surface area contributed by atoms with Crippen molar-refractivity contribution in [3.8, 4) is 11.8 Å². The molecule has 0 aliphatic carbocycles. The van der Waals surface area contributed by atoms with Crippen molar-refractivity contribution in [3.63, 3.8) is 0 Å². The molecule has 0 spiro atoms. The Morgan fingerprint density at radius 2 is 2.00 bits per heavy atom. The van der Waals surface area contributed by atoms with Crippen LogP contribution in [0.2, 0.25) is 0 Å². The summed E-state index contributed by atoms with van der Waals surface area (Å²) < 4.78 is 49.9. The minimum Gasteiger partial charge on any atom is -0.495 e. The minimum atomic E-state index is -3.86. The summed E-state index contributed by atoms with van der Waals surface area (Å²) in [7, 11) is -1.33. The van der Waals surface area contributed by atoms with Crippen LogP contribution in [0.5, 0.6) is 5.75 Å². The Morgan fingerprint density at radius 1 is 1.27 bits per heavy atom. The van der Waals surface area contributed by atoms with Gasteiger partial charge in [-0.15, -0.1) is 0 Å². The lowest BCUT2D eigenvalue weighted by Crippen LogP contribution is -2.20. The molecule has 0 radical (unpaired) electrons. The average Bonchev–Trinajstić information content (AvgIpc) is 2.66. The Bertz CT molecular complexity index is 983. The average molecular weight is 378 g/mol. The summed E-state index contributed by atoms with van der Waals surface area (Å²) >= 11 is 0. The number of carbonyl (C=O) groups excluding carboxylic acids is 1. The van der Waals surface area contributed by atoms with Crippen LogP contribution in [0.3, 0.4) is 0 Å². The van der Waals surface area contributed by atoms with Crippen LogP contribution in [0, 0.1) is 17.1 Å². The number of benzene rings is 2. The molecule has 0 amide bonds. The van der Waals surface area contributed by atoms with Gasteiger partial charge in [0.1, 0.15) is 23.1 Å². The highest BCUT2D eigenvalue weighted by atomic mass is 32.2. The van der Waals surface area contributed by atoms with E-state index in [4.69, 9.17) is 14.7 Å². The monoisotopic (exact) mass is 378 g/mol. The lowest BCUT2D eigenvalue weighted by Gasteiger charge is -2.11. The van der Waals surface area contributed by atoms with Crippen molar-refractivity contribution in [2.75, 3.05) is 14.2 Å². The van der Waals surface area contributed by atoms with Crippen molar-refractivity contribution in [1.82, 2.24) is 4.72 Å². The van der Waals surface area contributed by atoms with Gasteiger partial charge in [-0.05, 0) is 43.4 Å². The smallest absolute Gasteiger partial charge is 0.338 e. The van der Waals surface area contributed by atoms with E-state index >= 15 is 0 Å². The summed E-state index contributed by atoms with van der Waals surface area (Å²) in [6, 6.07) is 9.30. The highest BCUT2D eigenvalue weighted by Crippen LogP contribution is 2.25. The second kappa shape index (κ2) is 7.95. The molecule has 0 unspecified atom stereocenters. The van der Waals surface area contributed by atoms with Gasteiger partial charge in [0.15, 0.2) is 0 Å². The number of esters is 1. The summed E-state index contributed by atoms with van der Waals surface area (Å²) in [6.45, 7) is -0.402. The van der Waals surface area contributed by atoms with E-state index in [-0.39, 0.29) is 27.3 Å². The van der Waals surface area contributed by atoms with Crippen molar-refractivity contribution in [3.05, 3.63) is 58.9 Å².